The monoisotopic (exact) mass is 287 g/mol. The molecule has 0 saturated carbocycles. The fraction of sp³-hybridized carbons (Fsp3) is 0.0625. The first kappa shape index (κ1) is 13.5. The maximum Gasteiger partial charge on any atom is 0.203 e. The van der Waals surface area contributed by atoms with Gasteiger partial charge in [0.1, 0.15) is 28.4 Å². The molecule has 106 valence electrons. The summed E-state index contributed by atoms with van der Waals surface area (Å²) in [6.07, 6.45) is 0. The minimum atomic E-state index is -0.678. The summed E-state index contributed by atoms with van der Waals surface area (Å²) in [6.45, 7) is -0.0481. The van der Waals surface area contributed by atoms with E-state index in [0.29, 0.717) is 5.56 Å². The molecule has 0 aliphatic rings. The normalized spacial score (nSPS) is 11.0. The van der Waals surface area contributed by atoms with E-state index in [9.17, 15) is 13.6 Å². The molecule has 0 aliphatic heterocycles. The second-order valence-corrected chi connectivity index (χ2v) is 4.56. The Morgan fingerprint density at radius 1 is 1.10 bits per heavy atom. The summed E-state index contributed by atoms with van der Waals surface area (Å²) in [4.78, 5) is 12.6. The standard InChI is InChI=1S/C16H11F2NO2/c17-10-4-1-3-9(7-10)14-13(8-19)21-12-6-2-5-11(18)15(12)16(14)20/h1-7H,8,19H2. The summed E-state index contributed by atoms with van der Waals surface area (Å²) in [6, 6.07) is 9.60. The first-order valence-corrected chi connectivity index (χ1v) is 6.32. The fourth-order valence-electron chi connectivity index (χ4n) is 2.32. The zero-order chi connectivity index (χ0) is 15.0. The van der Waals surface area contributed by atoms with E-state index in [2.05, 4.69) is 0 Å². The van der Waals surface area contributed by atoms with Crippen molar-refractivity contribution in [3.63, 3.8) is 0 Å². The zero-order valence-electron chi connectivity index (χ0n) is 10.9. The molecule has 0 saturated heterocycles. The van der Waals surface area contributed by atoms with E-state index in [1.165, 1.54) is 36.4 Å². The highest BCUT2D eigenvalue weighted by molar-refractivity contribution is 5.83. The summed E-state index contributed by atoms with van der Waals surface area (Å²) in [5.74, 6) is -0.977. The Balaban J connectivity index is 2.44. The number of hydrogen-bond acceptors (Lipinski definition) is 3. The van der Waals surface area contributed by atoms with Crippen LogP contribution in [0.15, 0.2) is 51.7 Å². The Morgan fingerprint density at radius 3 is 2.57 bits per heavy atom. The first-order valence-electron chi connectivity index (χ1n) is 6.32. The van der Waals surface area contributed by atoms with Crippen LogP contribution in [0.4, 0.5) is 8.78 Å². The van der Waals surface area contributed by atoms with Gasteiger partial charge in [-0.15, -0.1) is 0 Å². The van der Waals surface area contributed by atoms with Gasteiger partial charge in [0, 0.05) is 0 Å². The van der Waals surface area contributed by atoms with Gasteiger partial charge in [-0.1, -0.05) is 18.2 Å². The summed E-state index contributed by atoms with van der Waals surface area (Å²) in [5.41, 5.74) is 5.58. The quantitative estimate of drug-likeness (QED) is 0.787. The number of nitrogens with two attached hydrogens (primary N) is 1. The highest BCUT2D eigenvalue weighted by Gasteiger charge is 2.17. The lowest BCUT2D eigenvalue weighted by molar-refractivity contribution is 0.537. The molecular weight excluding hydrogens is 276 g/mol. The van der Waals surface area contributed by atoms with Crippen LogP contribution in [-0.4, -0.2) is 0 Å². The van der Waals surface area contributed by atoms with E-state index in [1.807, 2.05) is 0 Å². The largest absolute Gasteiger partial charge is 0.459 e. The second-order valence-electron chi connectivity index (χ2n) is 4.56. The van der Waals surface area contributed by atoms with Gasteiger partial charge in [-0.05, 0) is 29.8 Å². The highest BCUT2D eigenvalue weighted by Crippen LogP contribution is 2.25. The average Bonchev–Trinajstić information content (AvgIpc) is 2.46. The van der Waals surface area contributed by atoms with Gasteiger partial charge >= 0.3 is 0 Å². The molecule has 5 heteroatoms. The topological polar surface area (TPSA) is 56.2 Å². The van der Waals surface area contributed by atoms with Crippen molar-refractivity contribution in [1.82, 2.24) is 0 Å². The van der Waals surface area contributed by atoms with Crippen molar-refractivity contribution >= 4 is 11.0 Å². The third kappa shape index (κ3) is 2.21. The molecule has 0 unspecified atom stereocenters. The molecule has 0 radical (unpaired) electrons. The van der Waals surface area contributed by atoms with E-state index < -0.39 is 17.1 Å². The highest BCUT2D eigenvalue weighted by atomic mass is 19.1. The Hall–Kier alpha value is -2.53. The van der Waals surface area contributed by atoms with Crippen LogP contribution >= 0.6 is 0 Å². The predicted molar refractivity (Wildman–Crippen MR) is 75.7 cm³/mol. The van der Waals surface area contributed by atoms with E-state index in [4.69, 9.17) is 10.2 Å². The number of rotatable bonds is 2. The smallest absolute Gasteiger partial charge is 0.203 e. The Kier molecular flexibility index (Phi) is 3.27. The molecule has 2 aromatic carbocycles. The molecule has 0 amide bonds. The van der Waals surface area contributed by atoms with Crippen LogP contribution < -0.4 is 11.2 Å². The van der Waals surface area contributed by atoms with Crippen LogP contribution in [0.25, 0.3) is 22.1 Å². The van der Waals surface area contributed by atoms with E-state index in [1.54, 1.807) is 6.07 Å². The van der Waals surface area contributed by atoms with Gasteiger partial charge in [0.2, 0.25) is 5.43 Å². The van der Waals surface area contributed by atoms with Crippen molar-refractivity contribution < 1.29 is 13.2 Å². The van der Waals surface area contributed by atoms with Crippen LogP contribution in [0.1, 0.15) is 5.76 Å². The van der Waals surface area contributed by atoms with Crippen LogP contribution in [0.5, 0.6) is 0 Å². The van der Waals surface area contributed by atoms with Crippen molar-refractivity contribution in [2.24, 2.45) is 5.73 Å². The molecule has 3 nitrogen and oxygen atoms in total. The molecule has 0 bridgehead atoms. The molecule has 0 atom stereocenters. The summed E-state index contributed by atoms with van der Waals surface area (Å²) < 4.78 is 32.8. The van der Waals surface area contributed by atoms with Gasteiger partial charge in [-0.2, -0.15) is 0 Å². The van der Waals surface area contributed by atoms with Crippen molar-refractivity contribution in [3.8, 4) is 11.1 Å². The van der Waals surface area contributed by atoms with Crippen LogP contribution in [0, 0.1) is 11.6 Å². The van der Waals surface area contributed by atoms with Gasteiger partial charge in [0.05, 0.1) is 12.1 Å². The average molecular weight is 287 g/mol. The lowest BCUT2D eigenvalue weighted by atomic mass is 10.0. The molecule has 2 N–H and O–H groups in total. The Morgan fingerprint density at radius 2 is 1.86 bits per heavy atom. The molecule has 3 aromatic rings. The lowest BCUT2D eigenvalue weighted by Gasteiger charge is -2.09. The zero-order valence-corrected chi connectivity index (χ0v) is 10.9. The molecule has 0 aliphatic carbocycles. The number of benzene rings is 2. The van der Waals surface area contributed by atoms with Crippen molar-refractivity contribution in [1.29, 1.82) is 0 Å². The Labute approximate surface area is 118 Å². The van der Waals surface area contributed by atoms with Gasteiger partial charge in [0.25, 0.3) is 0 Å². The van der Waals surface area contributed by atoms with Gasteiger partial charge in [0.15, 0.2) is 0 Å². The predicted octanol–water partition coefficient (Wildman–Crippen LogP) is 3.20. The lowest BCUT2D eigenvalue weighted by Crippen LogP contribution is -2.13. The van der Waals surface area contributed by atoms with Gasteiger partial charge in [-0.3, -0.25) is 4.79 Å². The van der Waals surface area contributed by atoms with Crippen molar-refractivity contribution in [3.05, 3.63) is 70.1 Å². The SMILES string of the molecule is NCc1oc2cccc(F)c2c(=O)c1-c1cccc(F)c1. The molecule has 0 fully saturated rings. The Bertz CT molecular complexity index is 887. The maximum absolute atomic E-state index is 13.9. The van der Waals surface area contributed by atoms with E-state index in [-0.39, 0.29) is 28.8 Å². The maximum atomic E-state index is 13.9. The molecule has 0 spiro atoms. The minimum Gasteiger partial charge on any atom is -0.459 e. The van der Waals surface area contributed by atoms with Crippen LogP contribution in [-0.2, 0) is 6.54 Å². The molecule has 1 aromatic heterocycles. The third-order valence-electron chi connectivity index (χ3n) is 3.24. The second kappa shape index (κ2) is 5.10. The number of fused-ring (bicyclic) bond motifs is 1. The van der Waals surface area contributed by atoms with Crippen molar-refractivity contribution in [2.45, 2.75) is 6.54 Å². The first-order chi connectivity index (χ1) is 10.1. The van der Waals surface area contributed by atoms with E-state index >= 15 is 0 Å². The van der Waals surface area contributed by atoms with Crippen LogP contribution in [0.3, 0.4) is 0 Å². The third-order valence-corrected chi connectivity index (χ3v) is 3.24. The van der Waals surface area contributed by atoms with Crippen LogP contribution in [0.2, 0.25) is 0 Å². The summed E-state index contributed by atoms with van der Waals surface area (Å²) in [7, 11) is 0. The summed E-state index contributed by atoms with van der Waals surface area (Å²) >= 11 is 0. The van der Waals surface area contributed by atoms with Crippen molar-refractivity contribution in [2.75, 3.05) is 0 Å². The fourth-order valence-corrected chi connectivity index (χ4v) is 2.32. The van der Waals surface area contributed by atoms with Gasteiger partial charge in [-0.25, -0.2) is 8.78 Å². The molecule has 1 heterocycles. The molecule has 3 rings (SSSR count). The number of hydrogen-bond donors (Lipinski definition) is 1. The molecule has 21 heavy (non-hydrogen) atoms. The van der Waals surface area contributed by atoms with Gasteiger partial charge < -0.3 is 10.2 Å². The molecular formula is C16H11F2NO2. The van der Waals surface area contributed by atoms with E-state index in [0.717, 1.165) is 0 Å². The summed E-state index contributed by atoms with van der Waals surface area (Å²) in [5, 5.41) is -0.158. The minimum absolute atomic E-state index is 0.0481. The number of halogens is 2.